The van der Waals surface area contributed by atoms with Gasteiger partial charge in [-0.25, -0.2) is 9.97 Å². The first-order valence-electron chi connectivity index (χ1n) is 8.03. The van der Waals surface area contributed by atoms with Crippen molar-refractivity contribution in [3.63, 3.8) is 0 Å². The van der Waals surface area contributed by atoms with E-state index in [0.29, 0.717) is 0 Å². The van der Waals surface area contributed by atoms with Crippen molar-refractivity contribution in [3.8, 4) is 11.1 Å². The first kappa shape index (κ1) is 16.9. The van der Waals surface area contributed by atoms with Crippen molar-refractivity contribution in [1.82, 2.24) is 9.97 Å². The maximum atomic E-state index is 9.58. The molecule has 0 aliphatic heterocycles. The Hall–Kier alpha value is -1.98. The van der Waals surface area contributed by atoms with Crippen LogP contribution in [-0.2, 0) is 0 Å². The zero-order chi connectivity index (χ0) is 17.5. The Morgan fingerprint density at radius 1 is 1.12 bits per heavy atom. The zero-order valence-electron chi connectivity index (χ0n) is 14.8. The molecule has 0 fully saturated rings. The second-order valence-electron chi connectivity index (χ2n) is 6.90. The molecule has 0 bridgehead atoms. The molecule has 0 aliphatic carbocycles. The lowest BCUT2D eigenvalue weighted by atomic mass is 9.98. The molecule has 0 atom stereocenters. The Morgan fingerprint density at radius 2 is 1.88 bits per heavy atom. The highest BCUT2D eigenvalue weighted by Crippen LogP contribution is 2.41. The maximum Gasteiger partial charge on any atom is 0.139 e. The molecule has 0 aliphatic rings. The van der Waals surface area contributed by atoms with Crippen LogP contribution in [0.3, 0.4) is 0 Å². The fourth-order valence-corrected chi connectivity index (χ4v) is 3.76. The molecule has 0 saturated carbocycles. The number of anilines is 1. The average molecular weight is 341 g/mol. The van der Waals surface area contributed by atoms with E-state index in [-0.39, 0.29) is 6.61 Å². The van der Waals surface area contributed by atoms with Gasteiger partial charge in [0.15, 0.2) is 0 Å². The van der Waals surface area contributed by atoms with Gasteiger partial charge in [-0.15, -0.1) is 11.3 Å². The Bertz CT molecular complexity index is 899. The number of thiophene rings is 1. The van der Waals surface area contributed by atoms with Crippen LogP contribution in [0.25, 0.3) is 21.3 Å². The molecule has 3 aromatic rings. The number of hydrogen-bond donors (Lipinski definition) is 2. The number of hydrogen-bond acceptors (Lipinski definition) is 5. The summed E-state index contributed by atoms with van der Waals surface area (Å²) in [7, 11) is 0. The van der Waals surface area contributed by atoms with E-state index in [9.17, 15) is 5.11 Å². The number of aromatic nitrogens is 2. The van der Waals surface area contributed by atoms with E-state index >= 15 is 0 Å². The number of nitrogens with zero attached hydrogens (tertiary/aromatic N) is 2. The molecule has 0 saturated heterocycles. The second-order valence-corrected chi connectivity index (χ2v) is 8.10. The summed E-state index contributed by atoms with van der Waals surface area (Å²) in [6.07, 6.45) is 1.58. The Labute approximate surface area is 146 Å². The largest absolute Gasteiger partial charge is 0.394 e. The number of aryl methyl sites for hydroxylation is 3. The molecular formula is C19H23N3OS. The lowest BCUT2D eigenvalue weighted by Crippen LogP contribution is -2.35. The summed E-state index contributed by atoms with van der Waals surface area (Å²) >= 11 is 1.68. The van der Waals surface area contributed by atoms with Crippen molar-refractivity contribution >= 4 is 27.4 Å². The highest BCUT2D eigenvalue weighted by atomic mass is 32.1. The van der Waals surface area contributed by atoms with Gasteiger partial charge in [0.05, 0.1) is 17.5 Å². The van der Waals surface area contributed by atoms with Crippen LogP contribution in [0, 0.1) is 20.8 Å². The van der Waals surface area contributed by atoms with Gasteiger partial charge in [-0.3, -0.25) is 0 Å². The lowest BCUT2D eigenvalue weighted by Gasteiger charge is -2.24. The SMILES string of the molecule is Cc1ccc(-c2c(C)sc3ncnc(NC(C)(C)CO)c23)cc1C. The highest BCUT2D eigenvalue weighted by Gasteiger charge is 2.22. The second kappa shape index (κ2) is 6.15. The Morgan fingerprint density at radius 3 is 2.54 bits per heavy atom. The van der Waals surface area contributed by atoms with Crippen LogP contribution in [0.4, 0.5) is 5.82 Å². The van der Waals surface area contributed by atoms with Gasteiger partial charge in [-0.05, 0) is 51.3 Å². The minimum Gasteiger partial charge on any atom is -0.394 e. The third-order valence-corrected chi connectivity index (χ3v) is 5.33. The minimum absolute atomic E-state index is 0.0284. The normalized spacial score (nSPS) is 11.9. The van der Waals surface area contributed by atoms with Crippen LogP contribution in [0.5, 0.6) is 0 Å². The van der Waals surface area contributed by atoms with Crippen molar-refractivity contribution in [3.05, 3.63) is 40.5 Å². The predicted molar refractivity (Wildman–Crippen MR) is 102 cm³/mol. The third kappa shape index (κ3) is 3.01. The van der Waals surface area contributed by atoms with Crippen molar-refractivity contribution < 1.29 is 5.11 Å². The predicted octanol–water partition coefficient (Wildman–Crippen LogP) is 4.47. The molecule has 4 nitrogen and oxygen atoms in total. The summed E-state index contributed by atoms with van der Waals surface area (Å²) < 4.78 is 0. The molecule has 1 aromatic carbocycles. The van der Waals surface area contributed by atoms with Crippen molar-refractivity contribution in [2.75, 3.05) is 11.9 Å². The van der Waals surface area contributed by atoms with Crippen molar-refractivity contribution in [2.24, 2.45) is 0 Å². The molecule has 3 rings (SSSR count). The lowest BCUT2D eigenvalue weighted by molar-refractivity contribution is 0.234. The quantitative estimate of drug-likeness (QED) is 0.735. The molecule has 5 heteroatoms. The third-order valence-electron chi connectivity index (χ3n) is 4.31. The number of nitrogens with one attached hydrogen (secondary N) is 1. The van der Waals surface area contributed by atoms with E-state index in [1.165, 1.54) is 27.1 Å². The van der Waals surface area contributed by atoms with Gasteiger partial charge in [-0.1, -0.05) is 18.2 Å². The van der Waals surface area contributed by atoms with Crippen molar-refractivity contribution in [1.29, 1.82) is 0 Å². The van der Waals surface area contributed by atoms with Gasteiger partial charge in [-0.2, -0.15) is 0 Å². The molecule has 2 N–H and O–H groups in total. The molecule has 24 heavy (non-hydrogen) atoms. The van der Waals surface area contributed by atoms with Crippen LogP contribution >= 0.6 is 11.3 Å². The van der Waals surface area contributed by atoms with Crippen LogP contribution in [0.15, 0.2) is 24.5 Å². The van der Waals surface area contributed by atoms with Gasteiger partial charge in [0.2, 0.25) is 0 Å². The maximum absolute atomic E-state index is 9.58. The van der Waals surface area contributed by atoms with Crippen molar-refractivity contribution in [2.45, 2.75) is 40.2 Å². The molecule has 2 heterocycles. The summed E-state index contributed by atoms with van der Waals surface area (Å²) in [5.41, 5.74) is 4.47. The smallest absolute Gasteiger partial charge is 0.139 e. The summed E-state index contributed by atoms with van der Waals surface area (Å²) in [6.45, 7) is 10.3. The van der Waals surface area contributed by atoms with Crippen LogP contribution in [0.1, 0.15) is 29.9 Å². The van der Waals surface area contributed by atoms with Gasteiger partial charge >= 0.3 is 0 Å². The zero-order valence-corrected chi connectivity index (χ0v) is 15.6. The number of benzene rings is 1. The van der Waals surface area contributed by atoms with E-state index in [1.54, 1.807) is 17.7 Å². The minimum atomic E-state index is -0.447. The Balaban J connectivity index is 2.24. The monoisotopic (exact) mass is 341 g/mol. The van der Waals surface area contributed by atoms with E-state index in [4.69, 9.17) is 0 Å². The molecule has 0 radical (unpaired) electrons. The standard InChI is InChI=1S/C19H23N3OS/c1-11-6-7-14(8-12(11)2)15-13(3)24-18-16(15)17(20-10-21-18)22-19(4,5)9-23/h6-8,10,23H,9H2,1-5H3,(H,20,21,22). The molecule has 0 spiro atoms. The number of rotatable bonds is 4. The van der Waals surface area contributed by atoms with Crippen LogP contribution in [-0.4, -0.2) is 27.2 Å². The van der Waals surface area contributed by atoms with E-state index in [0.717, 1.165) is 16.0 Å². The number of aliphatic hydroxyl groups excluding tert-OH is 1. The highest BCUT2D eigenvalue weighted by molar-refractivity contribution is 7.19. The van der Waals surface area contributed by atoms with Gasteiger partial charge in [0.25, 0.3) is 0 Å². The average Bonchev–Trinajstić information content (AvgIpc) is 2.87. The van der Waals surface area contributed by atoms with Gasteiger partial charge < -0.3 is 10.4 Å². The summed E-state index contributed by atoms with van der Waals surface area (Å²) in [4.78, 5) is 11.1. The Kier molecular flexibility index (Phi) is 4.32. The molecule has 126 valence electrons. The fourth-order valence-electron chi connectivity index (χ4n) is 2.74. The number of aliphatic hydroxyl groups is 1. The van der Waals surface area contributed by atoms with E-state index in [2.05, 4.69) is 54.3 Å². The van der Waals surface area contributed by atoms with E-state index in [1.807, 2.05) is 13.8 Å². The van der Waals surface area contributed by atoms with Crippen LogP contribution < -0.4 is 5.32 Å². The fraction of sp³-hybridized carbons (Fsp3) is 0.368. The number of fused-ring (bicyclic) bond motifs is 1. The van der Waals surface area contributed by atoms with Gasteiger partial charge in [0.1, 0.15) is 17.0 Å². The molecular weight excluding hydrogens is 318 g/mol. The molecule has 0 amide bonds. The summed E-state index contributed by atoms with van der Waals surface area (Å²) in [5, 5.41) is 14.0. The summed E-state index contributed by atoms with van der Waals surface area (Å²) in [5.74, 6) is 0.775. The molecule has 0 unspecified atom stereocenters. The first-order valence-corrected chi connectivity index (χ1v) is 8.85. The van der Waals surface area contributed by atoms with Gasteiger partial charge in [0, 0.05) is 10.4 Å². The van der Waals surface area contributed by atoms with E-state index < -0.39 is 5.54 Å². The topological polar surface area (TPSA) is 58.0 Å². The molecule has 2 aromatic heterocycles. The summed E-state index contributed by atoms with van der Waals surface area (Å²) in [6, 6.07) is 6.53. The first-order chi connectivity index (χ1) is 11.3. The van der Waals surface area contributed by atoms with Crippen LogP contribution in [0.2, 0.25) is 0 Å².